The molecule has 0 aliphatic carbocycles. The van der Waals surface area contributed by atoms with E-state index in [1.54, 1.807) is 0 Å². The predicted octanol–water partition coefficient (Wildman–Crippen LogP) is 5.82. The third kappa shape index (κ3) is 5.91. The minimum absolute atomic E-state index is 0.129. The van der Waals surface area contributed by atoms with Crippen molar-refractivity contribution >= 4 is 9.84 Å². The van der Waals surface area contributed by atoms with Crippen molar-refractivity contribution in [3.8, 4) is 17.3 Å². The molecule has 1 aromatic heterocycles. The largest absolute Gasteiger partial charge is 0.493 e. The molecule has 0 radical (unpaired) electrons. The number of rotatable bonds is 11. The maximum absolute atomic E-state index is 13.7. The van der Waals surface area contributed by atoms with Crippen LogP contribution in [-0.2, 0) is 35.7 Å². The fourth-order valence-corrected chi connectivity index (χ4v) is 5.92. The van der Waals surface area contributed by atoms with Crippen molar-refractivity contribution in [2.45, 2.75) is 69.3 Å². The monoisotopic (exact) mass is 546 g/mol. The Morgan fingerprint density at radius 1 is 0.872 bits per heavy atom. The zero-order chi connectivity index (χ0) is 28.0. The van der Waals surface area contributed by atoms with Gasteiger partial charge in [0, 0.05) is 6.42 Å². The van der Waals surface area contributed by atoms with Gasteiger partial charge in [0.1, 0.15) is 18.2 Å². The highest BCUT2D eigenvalue weighted by Gasteiger charge is 2.31. The number of ether oxygens (including phenoxy) is 1. The van der Waals surface area contributed by atoms with Gasteiger partial charge in [0.15, 0.2) is 4.90 Å². The van der Waals surface area contributed by atoms with Gasteiger partial charge in [0.05, 0.1) is 10.6 Å². The molecule has 1 N–H and O–H groups in total. The minimum Gasteiger partial charge on any atom is -0.493 e. The third-order valence-corrected chi connectivity index (χ3v) is 8.48. The van der Waals surface area contributed by atoms with E-state index < -0.39 is 26.2 Å². The first-order valence-corrected chi connectivity index (χ1v) is 14.8. The Kier molecular flexibility index (Phi) is 8.86. The van der Waals surface area contributed by atoms with E-state index in [1.807, 2.05) is 69.3 Å². The summed E-state index contributed by atoms with van der Waals surface area (Å²) in [7, 11) is -4.39. The fraction of sp³-hybridized carbons (Fsp3) is 0.290. The van der Waals surface area contributed by atoms with Crippen molar-refractivity contribution in [2.24, 2.45) is 0 Å². The number of benzene rings is 3. The molecule has 0 amide bonds. The predicted molar refractivity (Wildman–Crippen MR) is 152 cm³/mol. The molecule has 0 unspecified atom stereocenters. The molecule has 0 atom stereocenters. The van der Waals surface area contributed by atoms with Crippen LogP contribution in [0.5, 0.6) is 11.6 Å². The van der Waals surface area contributed by atoms with Gasteiger partial charge >= 0.3 is 0 Å². The van der Waals surface area contributed by atoms with Crippen LogP contribution >= 0.6 is 0 Å². The molecule has 0 fully saturated rings. The molecule has 39 heavy (non-hydrogen) atoms. The van der Waals surface area contributed by atoms with E-state index in [1.165, 1.54) is 28.8 Å². The van der Waals surface area contributed by atoms with Crippen LogP contribution in [0.3, 0.4) is 0 Å². The molecule has 0 spiro atoms. The highest BCUT2D eigenvalue weighted by molar-refractivity contribution is 7.91. The molecule has 4 rings (SSSR count). The van der Waals surface area contributed by atoms with Gasteiger partial charge in [0.2, 0.25) is 15.7 Å². The van der Waals surface area contributed by atoms with Gasteiger partial charge in [-0.3, -0.25) is 9.36 Å². The van der Waals surface area contributed by atoms with E-state index in [-0.39, 0.29) is 4.90 Å². The standard InChI is InChI=1S/C31H34N2O5S/c1-4-7-16-27-32-30(34)29(31(35)33(27)28-23(5-2)14-11-15-24(28)6-3)39(36,37)26-19-17-25(18-20-26)38-21-22-12-9-8-10-13-22/h8-15,17-20,35H,4-7,16,21H2,1-3H3. The summed E-state index contributed by atoms with van der Waals surface area (Å²) in [4.78, 5) is 16.5. The van der Waals surface area contributed by atoms with E-state index in [2.05, 4.69) is 4.98 Å². The molecule has 4 aromatic rings. The topological polar surface area (TPSA) is 98.5 Å². The van der Waals surface area contributed by atoms with Crippen molar-refractivity contribution in [1.29, 1.82) is 0 Å². The first-order chi connectivity index (χ1) is 18.8. The highest BCUT2D eigenvalue weighted by Crippen LogP contribution is 2.33. The summed E-state index contributed by atoms with van der Waals surface area (Å²) in [5.74, 6) is 0.219. The smallest absolute Gasteiger partial charge is 0.296 e. The van der Waals surface area contributed by atoms with E-state index in [0.29, 0.717) is 43.1 Å². The number of para-hydroxylation sites is 1. The van der Waals surface area contributed by atoms with Crippen molar-refractivity contribution in [1.82, 2.24) is 9.55 Å². The van der Waals surface area contributed by atoms with E-state index in [0.717, 1.165) is 29.5 Å². The number of aryl methyl sites for hydroxylation is 3. The van der Waals surface area contributed by atoms with Gasteiger partial charge in [0.25, 0.3) is 5.56 Å². The number of unbranched alkanes of at least 4 members (excludes halogenated alkanes) is 1. The summed E-state index contributed by atoms with van der Waals surface area (Å²) in [6.07, 6.45) is 3.33. The number of nitrogens with zero attached hydrogens (tertiary/aromatic N) is 2. The summed E-state index contributed by atoms with van der Waals surface area (Å²) >= 11 is 0. The summed E-state index contributed by atoms with van der Waals surface area (Å²) in [6, 6.07) is 21.3. The van der Waals surface area contributed by atoms with Gasteiger partial charge in [-0.25, -0.2) is 8.42 Å². The summed E-state index contributed by atoms with van der Waals surface area (Å²) in [5, 5.41) is 11.5. The van der Waals surface area contributed by atoms with Gasteiger partial charge in [-0.15, -0.1) is 0 Å². The highest BCUT2D eigenvalue weighted by atomic mass is 32.2. The Morgan fingerprint density at radius 3 is 2.10 bits per heavy atom. The first-order valence-electron chi connectivity index (χ1n) is 13.3. The summed E-state index contributed by atoms with van der Waals surface area (Å²) in [5.41, 5.74) is 2.55. The van der Waals surface area contributed by atoms with Crippen LogP contribution < -0.4 is 10.3 Å². The number of sulfone groups is 1. The van der Waals surface area contributed by atoms with Gasteiger partial charge < -0.3 is 9.84 Å². The zero-order valence-electron chi connectivity index (χ0n) is 22.6. The molecule has 3 aromatic carbocycles. The Bertz CT molecular complexity index is 1570. The second kappa shape index (κ2) is 12.3. The van der Waals surface area contributed by atoms with Crippen molar-refractivity contribution in [3.63, 3.8) is 0 Å². The molecule has 0 aliphatic heterocycles. The average molecular weight is 547 g/mol. The number of aromatic nitrogens is 2. The van der Waals surface area contributed by atoms with Crippen LogP contribution in [0.15, 0.2) is 87.4 Å². The lowest BCUT2D eigenvalue weighted by Gasteiger charge is -2.22. The lowest BCUT2D eigenvalue weighted by molar-refractivity contribution is 0.306. The van der Waals surface area contributed by atoms with Gasteiger partial charge in [-0.1, -0.05) is 75.7 Å². The number of hydrogen-bond acceptors (Lipinski definition) is 6. The van der Waals surface area contributed by atoms with Crippen LogP contribution in [0.2, 0.25) is 0 Å². The number of hydrogen-bond donors (Lipinski definition) is 1. The molecule has 204 valence electrons. The second-order valence-electron chi connectivity index (χ2n) is 9.31. The molecule has 0 aliphatic rings. The summed E-state index contributed by atoms with van der Waals surface area (Å²) in [6.45, 7) is 6.34. The van der Waals surface area contributed by atoms with E-state index >= 15 is 0 Å². The normalized spacial score (nSPS) is 11.5. The zero-order valence-corrected chi connectivity index (χ0v) is 23.4. The fourth-order valence-electron chi connectivity index (χ4n) is 4.59. The van der Waals surface area contributed by atoms with Crippen LogP contribution in [0, 0.1) is 0 Å². The van der Waals surface area contributed by atoms with Gasteiger partial charge in [-0.05, 0) is 60.2 Å². The molecule has 0 bridgehead atoms. The van der Waals surface area contributed by atoms with Crippen LogP contribution in [0.1, 0.15) is 56.1 Å². The molecule has 0 saturated carbocycles. The lowest BCUT2D eigenvalue weighted by Crippen LogP contribution is -2.25. The molecular formula is C31H34N2O5S. The molecular weight excluding hydrogens is 512 g/mol. The minimum atomic E-state index is -4.39. The van der Waals surface area contributed by atoms with Crippen molar-refractivity contribution in [2.75, 3.05) is 0 Å². The Labute approximate surface area is 229 Å². The molecule has 1 heterocycles. The lowest BCUT2D eigenvalue weighted by atomic mass is 10.0. The second-order valence-corrected chi connectivity index (χ2v) is 11.2. The third-order valence-electron chi connectivity index (χ3n) is 6.69. The first kappa shape index (κ1) is 28.1. The van der Waals surface area contributed by atoms with Crippen LogP contribution in [-0.4, -0.2) is 23.1 Å². The number of aromatic hydroxyl groups is 1. The SMILES string of the molecule is CCCCc1nc(=O)c(S(=O)(=O)c2ccc(OCc3ccccc3)cc2)c(O)n1-c1c(CC)cccc1CC. The van der Waals surface area contributed by atoms with Crippen molar-refractivity contribution < 1.29 is 18.3 Å². The summed E-state index contributed by atoms with van der Waals surface area (Å²) < 4.78 is 34.7. The van der Waals surface area contributed by atoms with E-state index in [4.69, 9.17) is 4.74 Å². The van der Waals surface area contributed by atoms with Crippen LogP contribution in [0.25, 0.3) is 5.69 Å². The quantitative estimate of drug-likeness (QED) is 0.255. The molecule has 0 saturated heterocycles. The Morgan fingerprint density at radius 2 is 1.51 bits per heavy atom. The maximum Gasteiger partial charge on any atom is 0.296 e. The maximum atomic E-state index is 13.7. The molecule has 7 nitrogen and oxygen atoms in total. The van der Waals surface area contributed by atoms with Crippen LogP contribution in [0.4, 0.5) is 0 Å². The van der Waals surface area contributed by atoms with Crippen molar-refractivity contribution in [3.05, 3.63) is 106 Å². The molecule has 8 heteroatoms. The Hall–Kier alpha value is -3.91. The van der Waals surface area contributed by atoms with E-state index in [9.17, 15) is 18.3 Å². The Balaban J connectivity index is 1.80. The van der Waals surface area contributed by atoms with Gasteiger partial charge in [-0.2, -0.15) is 4.98 Å². The average Bonchev–Trinajstić information content (AvgIpc) is 2.95.